The molecule has 2 aliphatic heterocycles. The second-order valence-electron chi connectivity index (χ2n) is 7.17. The van der Waals surface area contributed by atoms with Gasteiger partial charge in [-0.25, -0.2) is 9.79 Å². The van der Waals surface area contributed by atoms with Crippen molar-refractivity contribution in [2.24, 2.45) is 4.99 Å². The average molecular weight is 429 g/mol. The molecule has 6 nitrogen and oxygen atoms in total. The predicted octanol–water partition coefficient (Wildman–Crippen LogP) is 3.63. The fourth-order valence-electron chi connectivity index (χ4n) is 3.43. The molecule has 2 atom stereocenters. The number of nitrogens with one attached hydrogen (secondary N) is 1. The molecule has 2 aromatic rings. The summed E-state index contributed by atoms with van der Waals surface area (Å²) in [6.45, 7) is 2.50. The average Bonchev–Trinajstić information content (AvgIpc) is 3.06. The fourth-order valence-corrected chi connectivity index (χ4v) is 4.64. The molecule has 0 saturated carbocycles. The number of urea groups is 1. The minimum atomic E-state index is -0.575. The topological polar surface area (TPSA) is 65.0 Å². The van der Waals surface area contributed by atoms with Crippen LogP contribution in [0.2, 0.25) is 5.02 Å². The number of hydrogen-bond donors (Lipinski definition) is 1. The number of aryl methyl sites for hydroxylation is 1. The van der Waals surface area contributed by atoms with Crippen molar-refractivity contribution in [2.75, 3.05) is 7.05 Å². The summed E-state index contributed by atoms with van der Waals surface area (Å²) in [5.74, 6) is 0.386. The number of rotatable bonds is 4. The van der Waals surface area contributed by atoms with Gasteiger partial charge in [-0.3, -0.25) is 10.1 Å². The van der Waals surface area contributed by atoms with Crippen LogP contribution < -0.4 is 5.32 Å². The van der Waals surface area contributed by atoms with Gasteiger partial charge in [0, 0.05) is 24.4 Å². The molecule has 29 heavy (non-hydrogen) atoms. The van der Waals surface area contributed by atoms with Crippen LogP contribution in [0.25, 0.3) is 0 Å². The predicted molar refractivity (Wildman–Crippen MR) is 116 cm³/mol. The van der Waals surface area contributed by atoms with E-state index in [-0.39, 0.29) is 5.91 Å². The van der Waals surface area contributed by atoms with Crippen molar-refractivity contribution < 1.29 is 9.59 Å². The molecule has 2 unspecified atom stereocenters. The Bertz CT molecular complexity index is 979. The van der Waals surface area contributed by atoms with E-state index >= 15 is 0 Å². The molecule has 0 radical (unpaired) electrons. The van der Waals surface area contributed by atoms with Crippen molar-refractivity contribution >= 4 is 40.5 Å². The Kier molecular flexibility index (Phi) is 5.52. The van der Waals surface area contributed by atoms with Gasteiger partial charge in [-0.15, -0.1) is 0 Å². The number of benzene rings is 2. The third-order valence-electron chi connectivity index (χ3n) is 5.11. The van der Waals surface area contributed by atoms with Crippen LogP contribution in [-0.2, 0) is 17.1 Å². The van der Waals surface area contributed by atoms with Gasteiger partial charge in [0.05, 0.1) is 0 Å². The van der Waals surface area contributed by atoms with Gasteiger partial charge in [-0.1, -0.05) is 71.4 Å². The Morgan fingerprint density at radius 3 is 2.59 bits per heavy atom. The number of thioether (sulfide) groups is 1. The van der Waals surface area contributed by atoms with Crippen LogP contribution in [0.1, 0.15) is 16.7 Å². The first kappa shape index (κ1) is 19.8. The van der Waals surface area contributed by atoms with Gasteiger partial charge in [0.2, 0.25) is 0 Å². The van der Waals surface area contributed by atoms with E-state index in [1.54, 1.807) is 18.8 Å². The first-order chi connectivity index (χ1) is 13.9. The number of carbonyl (C=O) groups is 2. The largest absolute Gasteiger partial charge is 0.331 e. The van der Waals surface area contributed by atoms with E-state index in [0.29, 0.717) is 11.6 Å². The second kappa shape index (κ2) is 8.08. The Morgan fingerprint density at radius 2 is 1.86 bits per heavy atom. The van der Waals surface area contributed by atoms with Crippen LogP contribution in [0.15, 0.2) is 53.5 Å². The molecule has 1 saturated heterocycles. The molecule has 1 N–H and O–H groups in total. The van der Waals surface area contributed by atoms with Gasteiger partial charge in [0.1, 0.15) is 0 Å². The first-order valence-electron chi connectivity index (χ1n) is 9.28. The maximum absolute atomic E-state index is 12.7. The maximum atomic E-state index is 12.7. The van der Waals surface area contributed by atoms with Crippen molar-refractivity contribution in [2.45, 2.75) is 31.4 Å². The van der Waals surface area contributed by atoms with Gasteiger partial charge in [0.25, 0.3) is 5.91 Å². The lowest BCUT2D eigenvalue weighted by Crippen LogP contribution is -2.63. The zero-order valence-electron chi connectivity index (χ0n) is 16.1. The minimum absolute atomic E-state index is 0.333. The molecule has 2 aliphatic rings. The van der Waals surface area contributed by atoms with Gasteiger partial charge < -0.3 is 9.80 Å². The van der Waals surface area contributed by atoms with Crippen LogP contribution in [0.3, 0.4) is 0 Å². The van der Waals surface area contributed by atoms with Gasteiger partial charge in [0.15, 0.2) is 17.4 Å². The second-order valence-corrected chi connectivity index (χ2v) is 8.52. The summed E-state index contributed by atoms with van der Waals surface area (Å²) in [4.78, 5) is 32.9. The number of fused-ring (bicyclic) bond motifs is 1. The highest BCUT2D eigenvalue weighted by Crippen LogP contribution is 2.32. The van der Waals surface area contributed by atoms with Gasteiger partial charge in [-0.05, 0) is 24.1 Å². The molecule has 1 fully saturated rings. The van der Waals surface area contributed by atoms with E-state index in [1.807, 2.05) is 29.2 Å². The number of halogens is 1. The summed E-state index contributed by atoms with van der Waals surface area (Å²) >= 11 is 7.93. The van der Waals surface area contributed by atoms with Gasteiger partial charge in [-0.2, -0.15) is 0 Å². The Balaban J connectivity index is 1.61. The maximum Gasteiger partial charge on any atom is 0.325 e. The van der Waals surface area contributed by atoms with Crippen LogP contribution in [0.4, 0.5) is 4.79 Å². The van der Waals surface area contributed by atoms with E-state index in [4.69, 9.17) is 16.6 Å². The first-order valence-corrected chi connectivity index (χ1v) is 10.6. The molecule has 0 aromatic heterocycles. The number of amides is 3. The number of aliphatic imine (C=N–C) groups is 1. The fraction of sp³-hybridized carbons (Fsp3) is 0.286. The molecule has 4 rings (SSSR count). The van der Waals surface area contributed by atoms with Crippen LogP contribution in [0.5, 0.6) is 0 Å². The van der Waals surface area contributed by atoms with E-state index in [1.165, 1.54) is 16.0 Å². The number of imide groups is 1. The quantitative estimate of drug-likeness (QED) is 0.807. The molecular weight excluding hydrogens is 408 g/mol. The summed E-state index contributed by atoms with van der Waals surface area (Å²) in [7, 11) is 1.66. The van der Waals surface area contributed by atoms with Crippen molar-refractivity contribution in [1.82, 2.24) is 15.1 Å². The summed E-state index contributed by atoms with van der Waals surface area (Å²) < 4.78 is 0. The number of nitrogens with zero attached hydrogens (tertiary/aromatic N) is 3. The number of likely N-dealkylation sites (N-methyl/N-ethyl adjacent to an activating group) is 1. The van der Waals surface area contributed by atoms with Crippen LogP contribution in [0, 0.1) is 6.92 Å². The van der Waals surface area contributed by atoms with Crippen LogP contribution >= 0.6 is 23.4 Å². The SMILES string of the molecule is Cc1ccc(CSC2=NC3C(C(=O)NC(=O)N3C)N2Cc2ccccc2Cl)cc1. The zero-order chi connectivity index (χ0) is 20.5. The normalized spacial score (nSPS) is 21.1. The lowest BCUT2D eigenvalue weighted by atomic mass is 10.1. The molecule has 0 bridgehead atoms. The van der Waals surface area contributed by atoms with Crippen LogP contribution in [-0.4, -0.2) is 46.2 Å². The summed E-state index contributed by atoms with van der Waals surface area (Å²) in [6, 6.07) is 14.9. The Morgan fingerprint density at radius 1 is 1.14 bits per heavy atom. The highest BCUT2D eigenvalue weighted by atomic mass is 35.5. The molecule has 150 valence electrons. The molecule has 3 amide bonds. The minimum Gasteiger partial charge on any atom is -0.331 e. The third-order valence-corrected chi connectivity index (χ3v) is 6.55. The number of amidine groups is 1. The molecule has 8 heteroatoms. The standard InChI is InChI=1S/C21H21ClN4O2S/c1-13-7-9-14(10-8-13)12-29-21-23-18-17(19(27)24-20(28)25(18)2)26(21)11-15-5-3-4-6-16(15)22/h3-10,17-18H,11-12H2,1-2H3,(H,24,27,28). The van der Waals surface area contributed by atoms with Crippen molar-refractivity contribution in [3.8, 4) is 0 Å². The molecular formula is C21H21ClN4O2S. The lowest BCUT2D eigenvalue weighted by molar-refractivity contribution is -0.127. The van der Waals surface area contributed by atoms with Crippen molar-refractivity contribution in [3.05, 3.63) is 70.2 Å². The summed E-state index contributed by atoms with van der Waals surface area (Å²) in [6.07, 6.45) is -0.542. The van der Waals surface area contributed by atoms with E-state index in [9.17, 15) is 9.59 Å². The summed E-state index contributed by atoms with van der Waals surface area (Å²) in [5, 5.41) is 3.79. The molecule has 0 spiro atoms. The van der Waals surface area contributed by atoms with Gasteiger partial charge >= 0.3 is 6.03 Å². The van der Waals surface area contributed by atoms with Crippen molar-refractivity contribution in [1.29, 1.82) is 0 Å². The zero-order valence-corrected chi connectivity index (χ0v) is 17.7. The monoisotopic (exact) mass is 428 g/mol. The summed E-state index contributed by atoms with van der Waals surface area (Å²) in [5.41, 5.74) is 3.29. The third kappa shape index (κ3) is 3.97. The van der Waals surface area contributed by atoms with E-state index < -0.39 is 18.2 Å². The molecule has 2 heterocycles. The number of hydrogen-bond acceptors (Lipinski definition) is 5. The van der Waals surface area contributed by atoms with Crippen molar-refractivity contribution in [3.63, 3.8) is 0 Å². The van der Waals surface area contributed by atoms with E-state index in [2.05, 4.69) is 36.5 Å². The Hall–Kier alpha value is -2.51. The lowest BCUT2D eigenvalue weighted by Gasteiger charge is -2.36. The highest BCUT2D eigenvalue weighted by molar-refractivity contribution is 8.13. The number of carbonyl (C=O) groups excluding carboxylic acids is 2. The molecule has 2 aromatic carbocycles. The molecule has 0 aliphatic carbocycles. The van der Waals surface area contributed by atoms with E-state index in [0.717, 1.165) is 16.5 Å². The highest BCUT2D eigenvalue weighted by Gasteiger charge is 2.48. The smallest absolute Gasteiger partial charge is 0.325 e. The Labute approximate surface area is 178 Å².